The van der Waals surface area contributed by atoms with Crippen LogP contribution >= 0.6 is 11.6 Å². The molecule has 30 heavy (non-hydrogen) atoms. The van der Waals surface area contributed by atoms with Crippen LogP contribution in [-0.4, -0.2) is 18.7 Å². The Balaban J connectivity index is 1.45. The smallest absolute Gasteiger partial charge is 0.277 e. The second-order valence-corrected chi connectivity index (χ2v) is 7.00. The number of amides is 1. The molecule has 154 valence electrons. The van der Waals surface area contributed by atoms with Crippen LogP contribution in [0.25, 0.3) is 0 Å². The van der Waals surface area contributed by atoms with Gasteiger partial charge in [-0.2, -0.15) is 5.10 Å². The third-order valence-electron chi connectivity index (χ3n) is 4.28. The first-order valence-electron chi connectivity index (χ1n) is 9.63. The van der Waals surface area contributed by atoms with E-state index < -0.39 is 0 Å². The molecular formula is C24H23ClN2O3. The van der Waals surface area contributed by atoms with Crippen LogP contribution in [0, 0.1) is 0 Å². The Labute approximate surface area is 181 Å². The van der Waals surface area contributed by atoms with Gasteiger partial charge in [-0.25, -0.2) is 5.43 Å². The first-order chi connectivity index (χ1) is 14.6. The monoisotopic (exact) mass is 422 g/mol. The van der Waals surface area contributed by atoms with Crippen LogP contribution in [0.5, 0.6) is 11.5 Å². The van der Waals surface area contributed by atoms with Crippen LogP contribution in [0.4, 0.5) is 0 Å². The first kappa shape index (κ1) is 21.4. The normalized spacial score (nSPS) is 10.7. The van der Waals surface area contributed by atoms with Gasteiger partial charge in [-0.1, -0.05) is 54.9 Å². The molecule has 5 nitrogen and oxygen atoms in total. The zero-order chi connectivity index (χ0) is 21.2. The van der Waals surface area contributed by atoms with Gasteiger partial charge in [-0.05, 0) is 59.5 Å². The van der Waals surface area contributed by atoms with Crippen LogP contribution < -0.4 is 14.9 Å². The summed E-state index contributed by atoms with van der Waals surface area (Å²) in [6.07, 6.45) is 2.52. The molecule has 3 rings (SSSR count). The zero-order valence-electron chi connectivity index (χ0n) is 16.7. The van der Waals surface area contributed by atoms with E-state index in [0.29, 0.717) is 23.1 Å². The van der Waals surface area contributed by atoms with Gasteiger partial charge in [0, 0.05) is 5.02 Å². The molecule has 3 aromatic rings. The molecule has 0 saturated heterocycles. The maximum atomic E-state index is 11.9. The van der Waals surface area contributed by atoms with Crippen molar-refractivity contribution in [3.8, 4) is 11.5 Å². The van der Waals surface area contributed by atoms with Crippen molar-refractivity contribution >= 4 is 23.7 Å². The van der Waals surface area contributed by atoms with Gasteiger partial charge in [0.25, 0.3) is 5.91 Å². The SMILES string of the molecule is CCc1ccc(OCC(=O)NN=Cc2cccc(OCc3ccc(Cl)cc3)c2)cc1. The molecule has 0 saturated carbocycles. The third kappa shape index (κ3) is 6.94. The van der Waals surface area contributed by atoms with E-state index in [1.165, 1.54) is 5.56 Å². The van der Waals surface area contributed by atoms with Gasteiger partial charge in [-0.3, -0.25) is 4.79 Å². The van der Waals surface area contributed by atoms with Crippen molar-refractivity contribution in [3.63, 3.8) is 0 Å². The van der Waals surface area contributed by atoms with Crippen molar-refractivity contribution in [2.24, 2.45) is 5.10 Å². The van der Waals surface area contributed by atoms with Gasteiger partial charge >= 0.3 is 0 Å². The van der Waals surface area contributed by atoms with E-state index in [4.69, 9.17) is 21.1 Å². The third-order valence-corrected chi connectivity index (χ3v) is 4.53. The molecule has 0 bridgehead atoms. The number of carbonyl (C=O) groups excluding carboxylic acids is 1. The Morgan fingerprint density at radius 3 is 2.43 bits per heavy atom. The number of ether oxygens (including phenoxy) is 2. The number of hydrazone groups is 1. The number of hydrogen-bond donors (Lipinski definition) is 1. The number of carbonyl (C=O) groups is 1. The Kier molecular flexibility index (Phi) is 7.86. The Morgan fingerprint density at radius 2 is 1.70 bits per heavy atom. The van der Waals surface area contributed by atoms with E-state index in [-0.39, 0.29) is 12.5 Å². The highest BCUT2D eigenvalue weighted by Gasteiger charge is 2.02. The molecule has 0 aliphatic carbocycles. The van der Waals surface area contributed by atoms with Gasteiger partial charge in [-0.15, -0.1) is 0 Å². The topological polar surface area (TPSA) is 59.9 Å². The molecule has 0 aliphatic rings. The van der Waals surface area contributed by atoms with Crippen LogP contribution in [0.2, 0.25) is 5.02 Å². The van der Waals surface area contributed by atoms with Crippen LogP contribution in [-0.2, 0) is 17.8 Å². The molecule has 1 N–H and O–H groups in total. The van der Waals surface area contributed by atoms with Crippen molar-refractivity contribution in [2.45, 2.75) is 20.0 Å². The number of aryl methyl sites for hydroxylation is 1. The average molecular weight is 423 g/mol. The first-order valence-corrected chi connectivity index (χ1v) is 10.0. The molecule has 0 unspecified atom stereocenters. The molecule has 6 heteroatoms. The minimum atomic E-state index is -0.332. The summed E-state index contributed by atoms with van der Waals surface area (Å²) in [5, 5.41) is 4.67. The molecular weight excluding hydrogens is 400 g/mol. The number of hydrogen-bond acceptors (Lipinski definition) is 4. The largest absolute Gasteiger partial charge is 0.489 e. The molecule has 1 amide bonds. The number of nitrogens with zero attached hydrogens (tertiary/aromatic N) is 1. The summed E-state index contributed by atoms with van der Waals surface area (Å²) in [7, 11) is 0. The maximum Gasteiger partial charge on any atom is 0.277 e. The summed E-state index contributed by atoms with van der Waals surface area (Å²) in [4.78, 5) is 11.9. The lowest BCUT2D eigenvalue weighted by atomic mass is 10.2. The number of halogens is 1. The average Bonchev–Trinajstić information content (AvgIpc) is 2.78. The number of rotatable bonds is 9. The van der Waals surface area contributed by atoms with Gasteiger partial charge in [0.15, 0.2) is 6.61 Å². The molecule has 0 aromatic heterocycles. The lowest BCUT2D eigenvalue weighted by molar-refractivity contribution is -0.123. The summed E-state index contributed by atoms with van der Waals surface area (Å²) < 4.78 is 11.2. The minimum absolute atomic E-state index is 0.104. The zero-order valence-corrected chi connectivity index (χ0v) is 17.4. The highest BCUT2D eigenvalue weighted by Crippen LogP contribution is 2.16. The van der Waals surface area contributed by atoms with E-state index >= 15 is 0 Å². The van der Waals surface area contributed by atoms with Crippen molar-refractivity contribution in [2.75, 3.05) is 6.61 Å². The van der Waals surface area contributed by atoms with E-state index in [1.807, 2.05) is 72.8 Å². The van der Waals surface area contributed by atoms with Crippen molar-refractivity contribution < 1.29 is 14.3 Å². The van der Waals surface area contributed by atoms with Crippen molar-refractivity contribution in [3.05, 3.63) is 94.5 Å². The second-order valence-electron chi connectivity index (χ2n) is 6.57. The Hall–Kier alpha value is -3.31. The highest BCUT2D eigenvalue weighted by atomic mass is 35.5. The van der Waals surface area contributed by atoms with Gasteiger partial charge in [0.2, 0.25) is 0 Å². The fraction of sp³-hybridized carbons (Fsp3) is 0.167. The number of benzene rings is 3. The predicted molar refractivity (Wildman–Crippen MR) is 119 cm³/mol. The second kappa shape index (κ2) is 11.0. The Morgan fingerprint density at radius 1 is 0.967 bits per heavy atom. The van der Waals surface area contributed by atoms with E-state index in [9.17, 15) is 4.79 Å². The Bertz CT molecular complexity index is 986. The van der Waals surface area contributed by atoms with E-state index in [2.05, 4.69) is 17.5 Å². The van der Waals surface area contributed by atoms with Gasteiger partial charge in [0.1, 0.15) is 18.1 Å². The summed E-state index contributed by atoms with van der Waals surface area (Å²) in [6, 6.07) is 22.6. The van der Waals surface area contributed by atoms with Crippen molar-refractivity contribution in [1.82, 2.24) is 5.43 Å². The fourth-order valence-electron chi connectivity index (χ4n) is 2.61. The fourth-order valence-corrected chi connectivity index (χ4v) is 2.74. The quantitative estimate of drug-likeness (QED) is 0.389. The summed E-state index contributed by atoms with van der Waals surface area (Å²) in [5.41, 5.74) is 5.51. The molecule has 0 radical (unpaired) electrons. The summed E-state index contributed by atoms with van der Waals surface area (Å²) in [5.74, 6) is 1.02. The molecule has 0 aliphatic heterocycles. The van der Waals surface area contributed by atoms with Crippen LogP contribution in [0.1, 0.15) is 23.6 Å². The van der Waals surface area contributed by atoms with Crippen molar-refractivity contribution in [1.29, 1.82) is 0 Å². The molecule has 3 aromatic carbocycles. The summed E-state index contributed by atoms with van der Waals surface area (Å²) in [6.45, 7) is 2.42. The molecule has 0 heterocycles. The van der Waals surface area contributed by atoms with E-state index in [0.717, 1.165) is 17.5 Å². The maximum absolute atomic E-state index is 11.9. The van der Waals surface area contributed by atoms with Gasteiger partial charge < -0.3 is 9.47 Å². The summed E-state index contributed by atoms with van der Waals surface area (Å²) >= 11 is 5.89. The lowest BCUT2D eigenvalue weighted by Crippen LogP contribution is -2.24. The minimum Gasteiger partial charge on any atom is -0.489 e. The van der Waals surface area contributed by atoms with Gasteiger partial charge in [0.05, 0.1) is 6.21 Å². The lowest BCUT2D eigenvalue weighted by Gasteiger charge is -2.07. The standard InChI is InChI=1S/C24H23ClN2O3/c1-2-18-8-12-22(13-9-18)30-17-24(28)27-26-15-20-4-3-5-23(14-20)29-16-19-6-10-21(25)11-7-19/h3-15H,2,16-17H2,1H3,(H,27,28). The molecule has 0 fully saturated rings. The van der Waals surface area contributed by atoms with Crippen LogP contribution in [0.15, 0.2) is 77.9 Å². The van der Waals surface area contributed by atoms with Crippen LogP contribution in [0.3, 0.4) is 0 Å². The molecule has 0 spiro atoms. The predicted octanol–water partition coefficient (Wildman–Crippen LogP) is 5.01. The highest BCUT2D eigenvalue weighted by molar-refractivity contribution is 6.30. The molecule has 0 atom stereocenters. The van der Waals surface area contributed by atoms with E-state index in [1.54, 1.807) is 6.21 Å². The number of nitrogens with one attached hydrogen (secondary N) is 1.